The van der Waals surface area contributed by atoms with E-state index in [1.165, 1.54) is 11.3 Å². The Hall–Kier alpha value is -5.64. The molecule has 0 saturated carbocycles. The number of aromatic nitrogens is 1. The van der Waals surface area contributed by atoms with Crippen molar-refractivity contribution in [2.45, 2.75) is 19.6 Å². The molecule has 0 spiro atoms. The van der Waals surface area contributed by atoms with Crippen molar-refractivity contribution in [1.29, 1.82) is 0 Å². The molecule has 1 N–H and O–H groups in total. The number of benzene rings is 5. The van der Waals surface area contributed by atoms with E-state index in [4.69, 9.17) is 30.8 Å². The lowest BCUT2D eigenvalue weighted by Crippen LogP contribution is -2.40. The molecule has 1 aromatic heterocycles. The third-order valence-electron chi connectivity index (χ3n) is 8.51. The molecule has 250 valence electrons. The Morgan fingerprint density at radius 1 is 0.940 bits per heavy atom. The van der Waals surface area contributed by atoms with Crippen LogP contribution in [0.15, 0.2) is 130 Å². The zero-order valence-electron chi connectivity index (χ0n) is 27.5. The fraction of sp³-hybridized carbons (Fsp3) is 0.125. The first-order chi connectivity index (χ1) is 24.3. The third kappa shape index (κ3) is 6.41. The summed E-state index contributed by atoms with van der Waals surface area (Å²) in [5, 5.41) is 5.53. The topological polar surface area (TPSA) is 91.2 Å². The van der Waals surface area contributed by atoms with E-state index in [1.54, 1.807) is 43.9 Å². The number of para-hydroxylation sites is 1. The Morgan fingerprint density at radius 3 is 2.50 bits per heavy atom. The first-order valence-corrected chi connectivity index (χ1v) is 17.0. The van der Waals surface area contributed by atoms with Crippen molar-refractivity contribution < 1.29 is 19.0 Å². The summed E-state index contributed by atoms with van der Waals surface area (Å²) in [6.45, 7) is 2.07. The van der Waals surface area contributed by atoms with Gasteiger partial charge in [-0.3, -0.25) is 14.2 Å². The maximum absolute atomic E-state index is 14.3. The third-order valence-corrected chi connectivity index (χ3v) is 9.77. The summed E-state index contributed by atoms with van der Waals surface area (Å²) in [6.07, 6.45) is 1.75. The number of hydrogen-bond acceptors (Lipinski definition) is 7. The van der Waals surface area contributed by atoms with Crippen LogP contribution in [0.5, 0.6) is 17.2 Å². The van der Waals surface area contributed by atoms with Gasteiger partial charge in [-0.2, -0.15) is 0 Å². The summed E-state index contributed by atoms with van der Waals surface area (Å²) >= 11 is 8.02. The standard InChI is InChI=1S/C40H32ClN3O5S/c1-24-35(38(45)43-29-15-5-4-6-16-29)36(27-13-10-17-30(22-27)47-2)44-39(46)34(50-40(44)42-24)21-25-19-32(41)37(33(20-25)48-3)49-23-28-14-9-12-26-11-7-8-18-31(26)28/h4-22,36H,23H2,1-3H3,(H,43,45)/b34-21-/t36-/m1/s1. The highest BCUT2D eigenvalue weighted by atomic mass is 35.5. The van der Waals surface area contributed by atoms with Gasteiger partial charge in [0.15, 0.2) is 16.3 Å². The molecule has 1 atom stereocenters. The van der Waals surface area contributed by atoms with E-state index in [0.29, 0.717) is 66.3 Å². The molecular weight excluding hydrogens is 670 g/mol. The maximum atomic E-state index is 14.3. The number of hydrogen-bond donors (Lipinski definition) is 1. The normalized spacial score (nSPS) is 14.2. The zero-order chi connectivity index (χ0) is 34.8. The van der Waals surface area contributed by atoms with Gasteiger partial charge < -0.3 is 19.5 Å². The van der Waals surface area contributed by atoms with Gasteiger partial charge in [0.1, 0.15) is 12.4 Å². The minimum atomic E-state index is -0.754. The van der Waals surface area contributed by atoms with Crippen LogP contribution in [0.3, 0.4) is 0 Å². The monoisotopic (exact) mass is 701 g/mol. The van der Waals surface area contributed by atoms with Gasteiger partial charge in [-0.25, -0.2) is 4.99 Å². The SMILES string of the molecule is COc1cccc([C@@H]2C(C(=O)Nc3ccccc3)=C(C)N=c3s/c(=C\c4cc(Cl)c(OCc5cccc6ccccc56)c(OC)c4)c(=O)n32)c1. The Kier molecular flexibility index (Phi) is 9.25. The molecule has 0 radical (unpaired) electrons. The number of carbonyl (C=O) groups is 1. The molecule has 8 nitrogen and oxygen atoms in total. The number of methoxy groups -OCH3 is 2. The number of fused-ring (bicyclic) bond motifs is 2. The fourth-order valence-corrected chi connectivity index (χ4v) is 7.46. The number of ether oxygens (including phenoxy) is 3. The molecule has 50 heavy (non-hydrogen) atoms. The van der Waals surface area contributed by atoms with Crippen molar-refractivity contribution >= 4 is 51.4 Å². The minimum Gasteiger partial charge on any atom is -0.497 e. The number of anilines is 1. The van der Waals surface area contributed by atoms with E-state index in [9.17, 15) is 9.59 Å². The van der Waals surface area contributed by atoms with Crippen LogP contribution in [-0.4, -0.2) is 24.7 Å². The summed E-state index contributed by atoms with van der Waals surface area (Å²) in [7, 11) is 3.13. The molecule has 0 bridgehead atoms. The molecule has 5 aromatic carbocycles. The van der Waals surface area contributed by atoms with Gasteiger partial charge in [-0.05, 0) is 76.9 Å². The fourth-order valence-electron chi connectivity index (χ4n) is 6.14. The van der Waals surface area contributed by atoms with Crippen molar-refractivity contribution in [3.05, 3.63) is 162 Å². The highest BCUT2D eigenvalue weighted by molar-refractivity contribution is 7.07. The summed E-state index contributed by atoms with van der Waals surface area (Å²) in [4.78, 5) is 33.4. The second-order valence-electron chi connectivity index (χ2n) is 11.6. The predicted molar refractivity (Wildman–Crippen MR) is 198 cm³/mol. The van der Waals surface area contributed by atoms with E-state index in [0.717, 1.165) is 16.3 Å². The smallest absolute Gasteiger partial charge is 0.271 e. The molecule has 0 saturated heterocycles. The van der Waals surface area contributed by atoms with Gasteiger partial charge in [-0.15, -0.1) is 0 Å². The summed E-state index contributed by atoms with van der Waals surface area (Å²) in [5.74, 6) is 1.09. The average molecular weight is 702 g/mol. The molecule has 6 aromatic rings. The van der Waals surface area contributed by atoms with Gasteiger partial charge in [-0.1, -0.05) is 95.7 Å². The Bertz CT molecular complexity index is 2470. The summed E-state index contributed by atoms with van der Waals surface area (Å²) < 4.78 is 19.4. The highest BCUT2D eigenvalue weighted by Gasteiger charge is 2.33. The molecule has 2 heterocycles. The van der Waals surface area contributed by atoms with Crippen LogP contribution in [0.4, 0.5) is 5.69 Å². The lowest BCUT2D eigenvalue weighted by molar-refractivity contribution is -0.113. The predicted octanol–water partition coefficient (Wildman–Crippen LogP) is 7.28. The molecule has 0 fully saturated rings. The van der Waals surface area contributed by atoms with Crippen molar-refractivity contribution in [1.82, 2.24) is 4.57 Å². The Balaban J connectivity index is 1.27. The molecule has 1 aliphatic heterocycles. The van der Waals surface area contributed by atoms with E-state index in [1.807, 2.05) is 78.9 Å². The second-order valence-corrected chi connectivity index (χ2v) is 13.1. The first-order valence-electron chi connectivity index (χ1n) is 15.8. The van der Waals surface area contributed by atoms with Crippen molar-refractivity contribution in [3.63, 3.8) is 0 Å². The molecule has 1 aliphatic rings. The van der Waals surface area contributed by atoms with Crippen molar-refractivity contribution in [3.8, 4) is 17.2 Å². The van der Waals surface area contributed by atoms with Gasteiger partial charge in [0.2, 0.25) is 0 Å². The highest BCUT2D eigenvalue weighted by Crippen LogP contribution is 2.38. The van der Waals surface area contributed by atoms with Crippen LogP contribution in [0.25, 0.3) is 16.8 Å². The zero-order valence-corrected chi connectivity index (χ0v) is 29.0. The number of amides is 1. The van der Waals surface area contributed by atoms with Gasteiger partial charge in [0.05, 0.1) is 41.1 Å². The number of rotatable bonds is 9. The summed E-state index contributed by atoms with van der Waals surface area (Å²) in [6, 6.07) is 33.5. The lowest BCUT2D eigenvalue weighted by Gasteiger charge is -2.25. The van der Waals surface area contributed by atoms with Crippen molar-refractivity contribution in [2.75, 3.05) is 19.5 Å². The molecule has 10 heteroatoms. The van der Waals surface area contributed by atoms with E-state index >= 15 is 0 Å². The molecule has 0 unspecified atom stereocenters. The van der Waals surface area contributed by atoms with Gasteiger partial charge >= 0.3 is 0 Å². The van der Waals surface area contributed by atoms with Crippen LogP contribution in [0.1, 0.15) is 29.7 Å². The number of nitrogens with zero attached hydrogens (tertiary/aromatic N) is 2. The van der Waals surface area contributed by atoms with Crippen LogP contribution < -0.4 is 34.4 Å². The largest absolute Gasteiger partial charge is 0.497 e. The van der Waals surface area contributed by atoms with Crippen LogP contribution in [-0.2, 0) is 11.4 Å². The number of thiazole rings is 1. The van der Waals surface area contributed by atoms with E-state index < -0.39 is 6.04 Å². The number of allylic oxidation sites excluding steroid dienone is 1. The second kappa shape index (κ2) is 14.1. The van der Waals surface area contributed by atoms with E-state index in [2.05, 4.69) is 23.5 Å². The van der Waals surface area contributed by atoms with E-state index in [-0.39, 0.29) is 11.5 Å². The average Bonchev–Trinajstić information content (AvgIpc) is 3.43. The van der Waals surface area contributed by atoms with Gasteiger partial charge in [0.25, 0.3) is 11.5 Å². The molecular formula is C40H32ClN3O5S. The Morgan fingerprint density at radius 2 is 1.70 bits per heavy atom. The number of nitrogens with one attached hydrogen (secondary N) is 1. The molecule has 0 aliphatic carbocycles. The van der Waals surface area contributed by atoms with Crippen LogP contribution in [0, 0.1) is 0 Å². The quantitative estimate of drug-likeness (QED) is 0.171. The summed E-state index contributed by atoms with van der Waals surface area (Å²) in [5.41, 5.74) is 3.58. The lowest BCUT2D eigenvalue weighted by atomic mass is 9.95. The first kappa shape index (κ1) is 32.9. The number of carbonyl (C=O) groups excluding carboxylic acids is 1. The molecule has 1 amide bonds. The van der Waals surface area contributed by atoms with Crippen LogP contribution in [0.2, 0.25) is 5.02 Å². The van der Waals surface area contributed by atoms with Crippen LogP contribution >= 0.6 is 22.9 Å². The van der Waals surface area contributed by atoms with Crippen molar-refractivity contribution in [2.24, 2.45) is 4.99 Å². The molecule has 7 rings (SSSR count). The van der Waals surface area contributed by atoms with Gasteiger partial charge in [0, 0.05) is 5.69 Å². The maximum Gasteiger partial charge on any atom is 0.271 e. The number of halogens is 1. The minimum absolute atomic E-state index is 0.291. The Labute approximate surface area is 297 Å².